The topological polar surface area (TPSA) is 29.0 Å². The van der Waals surface area contributed by atoms with Gasteiger partial charge in [-0.1, -0.05) is 25.4 Å². The van der Waals surface area contributed by atoms with Crippen molar-refractivity contribution in [1.82, 2.24) is 9.97 Å². The van der Waals surface area contributed by atoms with Gasteiger partial charge in [-0.3, -0.25) is 0 Å². The van der Waals surface area contributed by atoms with Crippen molar-refractivity contribution in [3.05, 3.63) is 17.0 Å². The average Bonchev–Trinajstić information content (AvgIpc) is 2.24. The molecule has 7 heteroatoms. The molecule has 3 nitrogen and oxygen atoms in total. The van der Waals surface area contributed by atoms with Gasteiger partial charge in [-0.05, 0) is 12.8 Å². The highest BCUT2D eigenvalue weighted by Gasteiger charge is 2.35. The minimum absolute atomic E-state index is 0.0389. The molecule has 0 saturated heterocycles. The molecular formula is C11H15ClF3N3. The zero-order valence-electron chi connectivity index (χ0n) is 10.6. The van der Waals surface area contributed by atoms with Gasteiger partial charge in [0.1, 0.15) is 11.0 Å². The van der Waals surface area contributed by atoms with Crippen molar-refractivity contribution in [2.75, 3.05) is 11.9 Å². The molecule has 18 heavy (non-hydrogen) atoms. The summed E-state index contributed by atoms with van der Waals surface area (Å²) in [5.41, 5.74) is 0. The second-order valence-electron chi connectivity index (χ2n) is 4.47. The predicted molar refractivity (Wildman–Crippen MR) is 64.7 cm³/mol. The summed E-state index contributed by atoms with van der Waals surface area (Å²) in [7, 11) is 1.68. The fourth-order valence-electron chi connectivity index (χ4n) is 1.37. The molecule has 1 aromatic heterocycles. The Balaban J connectivity index is 3.14. The highest BCUT2D eigenvalue weighted by molar-refractivity contribution is 6.29. The first-order valence-corrected chi connectivity index (χ1v) is 5.85. The van der Waals surface area contributed by atoms with E-state index in [2.05, 4.69) is 9.97 Å². The van der Waals surface area contributed by atoms with Gasteiger partial charge in [0, 0.05) is 19.2 Å². The van der Waals surface area contributed by atoms with Crippen LogP contribution in [-0.2, 0) is 6.18 Å². The van der Waals surface area contributed by atoms with Crippen molar-refractivity contribution >= 4 is 17.4 Å². The highest BCUT2D eigenvalue weighted by atomic mass is 35.5. The summed E-state index contributed by atoms with van der Waals surface area (Å²) < 4.78 is 37.7. The quantitative estimate of drug-likeness (QED) is 0.792. The molecule has 0 radical (unpaired) electrons. The third kappa shape index (κ3) is 3.48. The van der Waals surface area contributed by atoms with Crippen molar-refractivity contribution in [1.29, 1.82) is 0 Å². The van der Waals surface area contributed by atoms with Gasteiger partial charge in [0.25, 0.3) is 0 Å². The van der Waals surface area contributed by atoms with Gasteiger partial charge < -0.3 is 4.90 Å². The number of aromatic nitrogens is 2. The van der Waals surface area contributed by atoms with E-state index in [0.29, 0.717) is 0 Å². The zero-order chi connectivity index (χ0) is 14.1. The Kier molecular flexibility index (Phi) is 4.42. The Hall–Kier alpha value is -1.04. The summed E-state index contributed by atoms with van der Waals surface area (Å²) in [5.74, 6) is -0.769. The summed E-state index contributed by atoms with van der Waals surface area (Å²) in [4.78, 5) is 8.37. The molecule has 0 aliphatic rings. The van der Waals surface area contributed by atoms with Crippen LogP contribution >= 0.6 is 11.6 Å². The minimum Gasteiger partial charge on any atom is -0.357 e. The van der Waals surface area contributed by atoms with Gasteiger partial charge in [0.05, 0.1) is 0 Å². The first-order chi connectivity index (χ1) is 8.12. The number of alkyl halides is 3. The maximum Gasteiger partial charge on any atom is 0.451 e. The lowest BCUT2D eigenvalue weighted by Crippen LogP contribution is -2.34. The monoisotopic (exact) mass is 281 g/mol. The summed E-state index contributed by atoms with van der Waals surface area (Å²) in [6, 6.07) is 1.37. The molecule has 0 spiro atoms. The van der Waals surface area contributed by atoms with Crippen molar-refractivity contribution in [2.24, 2.45) is 5.92 Å². The summed E-state index contributed by atoms with van der Waals surface area (Å²) in [5, 5.41) is -0.213. The zero-order valence-corrected chi connectivity index (χ0v) is 11.3. The van der Waals surface area contributed by atoms with Crippen molar-refractivity contribution in [3.8, 4) is 0 Å². The van der Waals surface area contributed by atoms with E-state index in [4.69, 9.17) is 11.6 Å². The second-order valence-corrected chi connectivity index (χ2v) is 4.85. The number of hydrogen-bond acceptors (Lipinski definition) is 3. The van der Waals surface area contributed by atoms with E-state index in [0.717, 1.165) is 0 Å². The normalized spacial score (nSPS) is 13.8. The van der Waals surface area contributed by atoms with Crippen LogP contribution in [0.4, 0.5) is 19.0 Å². The number of anilines is 1. The third-order valence-electron chi connectivity index (χ3n) is 2.87. The maximum atomic E-state index is 12.6. The van der Waals surface area contributed by atoms with Gasteiger partial charge in [-0.25, -0.2) is 9.97 Å². The molecule has 0 bridgehead atoms. The fourth-order valence-corrected chi connectivity index (χ4v) is 1.55. The maximum absolute atomic E-state index is 12.6. The molecule has 1 unspecified atom stereocenters. The molecule has 0 aliphatic carbocycles. The number of rotatable bonds is 3. The first kappa shape index (κ1) is 15.0. The Morgan fingerprint density at radius 2 is 1.78 bits per heavy atom. The van der Waals surface area contributed by atoms with E-state index >= 15 is 0 Å². The molecule has 1 aromatic rings. The molecule has 0 aromatic carbocycles. The summed E-state index contributed by atoms with van der Waals surface area (Å²) in [6.45, 7) is 5.87. The van der Waals surface area contributed by atoms with Gasteiger partial charge in [0.15, 0.2) is 0 Å². The number of halogens is 4. The van der Waals surface area contributed by atoms with E-state index in [1.165, 1.54) is 6.07 Å². The Morgan fingerprint density at radius 3 is 2.22 bits per heavy atom. The Labute approximate surface area is 109 Å². The molecule has 102 valence electrons. The molecule has 0 fully saturated rings. The molecule has 1 heterocycles. The largest absolute Gasteiger partial charge is 0.451 e. The molecule has 0 N–H and O–H groups in total. The van der Waals surface area contributed by atoms with Crippen molar-refractivity contribution in [3.63, 3.8) is 0 Å². The molecule has 0 aliphatic heterocycles. The molecule has 0 saturated carbocycles. The van der Waals surface area contributed by atoms with Crippen LogP contribution in [0.15, 0.2) is 6.07 Å². The van der Waals surface area contributed by atoms with Crippen molar-refractivity contribution < 1.29 is 13.2 Å². The number of nitrogens with zero attached hydrogens (tertiary/aromatic N) is 3. The van der Waals surface area contributed by atoms with Crippen LogP contribution < -0.4 is 4.90 Å². The first-order valence-electron chi connectivity index (χ1n) is 5.47. The minimum atomic E-state index is -4.60. The van der Waals surface area contributed by atoms with E-state index in [1.807, 2.05) is 20.8 Å². The second kappa shape index (κ2) is 5.30. The van der Waals surface area contributed by atoms with Gasteiger partial charge in [-0.15, -0.1) is 0 Å². The lowest BCUT2D eigenvalue weighted by molar-refractivity contribution is -0.144. The van der Waals surface area contributed by atoms with Crippen molar-refractivity contribution in [2.45, 2.75) is 33.0 Å². The molecule has 1 atom stereocenters. The molecule has 1 rings (SSSR count). The third-order valence-corrected chi connectivity index (χ3v) is 3.07. The lowest BCUT2D eigenvalue weighted by Gasteiger charge is -2.29. The van der Waals surface area contributed by atoms with Gasteiger partial charge in [0.2, 0.25) is 5.82 Å². The SMILES string of the molecule is CC(C)C(C)N(C)c1cc(Cl)nc(C(F)(F)F)n1. The van der Waals surface area contributed by atoms with E-state index in [-0.39, 0.29) is 22.9 Å². The fraction of sp³-hybridized carbons (Fsp3) is 0.636. The van der Waals surface area contributed by atoms with E-state index in [1.54, 1.807) is 11.9 Å². The van der Waals surface area contributed by atoms with Crippen LogP contribution in [0.25, 0.3) is 0 Å². The Morgan fingerprint density at radius 1 is 1.22 bits per heavy atom. The lowest BCUT2D eigenvalue weighted by atomic mass is 10.1. The van der Waals surface area contributed by atoms with E-state index in [9.17, 15) is 13.2 Å². The standard InChI is InChI=1S/C11H15ClF3N3/c1-6(2)7(3)18(4)9-5-8(12)16-10(17-9)11(13,14)15/h5-7H,1-4H3. The molecular weight excluding hydrogens is 267 g/mol. The van der Waals surface area contributed by atoms with Crippen LogP contribution in [0.5, 0.6) is 0 Å². The van der Waals surface area contributed by atoms with E-state index < -0.39 is 12.0 Å². The van der Waals surface area contributed by atoms with Gasteiger partial charge >= 0.3 is 6.18 Å². The summed E-state index contributed by atoms with van der Waals surface area (Å²) in [6.07, 6.45) is -4.60. The van der Waals surface area contributed by atoms with Crippen LogP contribution in [0.2, 0.25) is 5.15 Å². The van der Waals surface area contributed by atoms with Gasteiger partial charge in [-0.2, -0.15) is 13.2 Å². The van der Waals surface area contributed by atoms with Crippen LogP contribution in [0.3, 0.4) is 0 Å². The van der Waals surface area contributed by atoms with Crippen LogP contribution in [-0.4, -0.2) is 23.1 Å². The highest BCUT2D eigenvalue weighted by Crippen LogP contribution is 2.29. The van der Waals surface area contributed by atoms with Crippen LogP contribution in [0.1, 0.15) is 26.6 Å². The Bertz CT molecular complexity index is 420. The number of hydrogen-bond donors (Lipinski definition) is 0. The summed E-state index contributed by atoms with van der Waals surface area (Å²) >= 11 is 5.61. The smallest absolute Gasteiger partial charge is 0.357 e. The molecule has 0 amide bonds. The predicted octanol–water partition coefficient (Wildman–Crippen LogP) is 3.63. The average molecular weight is 282 g/mol. The van der Waals surface area contributed by atoms with Crippen LogP contribution in [0, 0.1) is 5.92 Å².